The lowest BCUT2D eigenvalue weighted by Crippen LogP contribution is -2.52. The van der Waals surface area contributed by atoms with Crippen LogP contribution in [0.25, 0.3) is 6.08 Å². The number of amides is 1. The number of hydrogen-bond donors (Lipinski definition) is 3. The van der Waals surface area contributed by atoms with Crippen molar-refractivity contribution in [3.8, 4) is 11.5 Å². The zero-order valence-corrected chi connectivity index (χ0v) is 15.7. The first-order valence-corrected chi connectivity index (χ1v) is 8.58. The minimum absolute atomic E-state index is 0.0924. The molecule has 0 fully saturated rings. The van der Waals surface area contributed by atoms with Crippen LogP contribution in [0.2, 0.25) is 0 Å². The van der Waals surface area contributed by atoms with Gasteiger partial charge in [0.1, 0.15) is 11.5 Å². The second-order valence-corrected chi connectivity index (χ2v) is 6.47. The van der Waals surface area contributed by atoms with Gasteiger partial charge < -0.3 is 25.0 Å². The summed E-state index contributed by atoms with van der Waals surface area (Å²) < 4.78 is 10.5. The number of benzene rings is 2. The van der Waals surface area contributed by atoms with Crippen molar-refractivity contribution >= 4 is 23.5 Å². The van der Waals surface area contributed by atoms with E-state index in [1.54, 1.807) is 36.4 Å². The molecule has 2 aromatic carbocycles. The maximum atomic E-state index is 12.6. The van der Waals surface area contributed by atoms with Crippen molar-refractivity contribution in [2.24, 2.45) is 0 Å². The number of ketones is 1. The van der Waals surface area contributed by atoms with E-state index in [1.165, 1.54) is 33.3 Å². The quantitative estimate of drug-likeness (QED) is 0.684. The molecule has 0 radical (unpaired) electrons. The maximum Gasteiger partial charge on any atom is 0.257 e. The molecule has 1 heterocycles. The summed E-state index contributed by atoms with van der Waals surface area (Å²) in [5.74, 6) is -0.412. The number of hydrogen-bond acceptors (Lipinski definition) is 6. The first-order valence-electron chi connectivity index (χ1n) is 8.58. The van der Waals surface area contributed by atoms with Crippen LogP contribution in [0.15, 0.2) is 42.5 Å². The van der Waals surface area contributed by atoms with Gasteiger partial charge in [0.25, 0.3) is 5.91 Å². The van der Waals surface area contributed by atoms with E-state index in [0.717, 1.165) is 0 Å². The molecule has 7 heteroatoms. The molecule has 1 aliphatic rings. The van der Waals surface area contributed by atoms with E-state index in [0.29, 0.717) is 16.9 Å². The van der Waals surface area contributed by atoms with Crippen molar-refractivity contribution in [1.82, 2.24) is 0 Å². The first-order chi connectivity index (χ1) is 13.3. The predicted molar refractivity (Wildman–Crippen MR) is 103 cm³/mol. The van der Waals surface area contributed by atoms with Crippen LogP contribution in [0.1, 0.15) is 23.6 Å². The number of carbonyl (C=O) groups is 2. The van der Waals surface area contributed by atoms with Crippen molar-refractivity contribution in [2.75, 3.05) is 19.5 Å². The van der Waals surface area contributed by atoms with Crippen LogP contribution in [0.5, 0.6) is 11.5 Å². The molecule has 28 heavy (non-hydrogen) atoms. The number of rotatable bonds is 5. The molecule has 2 atom stereocenters. The minimum atomic E-state index is -1.96. The van der Waals surface area contributed by atoms with E-state index in [2.05, 4.69) is 5.32 Å². The number of anilines is 1. The summed E-state index contributed by atoms with van der Waals surface area (Å²) in [6.07, 6.45) is 1.46. The van der Waals surface area contributed by atoms with Crippen molar-refractivity contribution in [2.45, 2.75) is 18.6 Å². The summed E-state index contributed by atoms with van der Waals surface area (Å²) in [6.45, 7) is 1.39. The first kappa shape index (κ1) is 19.6. The Morgan fingerprint density at radius 3 is 2.43 bits per heavy atom. The van der Waals surface area contributed by atoms with Gasteiger partial charge in [-0.25, -0.2) is 0 Å². The van der Waals surface area contributed by atoms with Gasteiger partial charge in [-0.15, -0.1) is 0 Å². The van der Waals surface area contributed by atoms with Gasteiger partial charge in [-0.2, -0.15) is 0 Å². The summed E-state index contributed by atoms with van der Waals surface area (Å²) in [7, 11) is 2.82. The predicted octanol–water partition coefficient (Wildman–Crippen LogP) is 2.21. The zero-order chi connectivity index (χ0) is 20.5. The lowest BCUT2D eigenvalue weighted by atomic mass is 9.76. The van der Waals surface area contributed by atoms with Crippen molar-refractivity contribution in [3.05, 3.63) is 59.2 Å². The number of nitrogens with one attached hydrogen (secondary N) is 1. The number of phenolic OH excluding ortho intramolecular Hbond substituents is 1. The smallest absolute Gasteiger partial charge is 0.257 e. The fourth-order valence-electron chi connectivity index (χ4n) is 3.38. The summed E-state index contributed by atoms with van der Waals surface area (Å²) in [5, 5.41) is 25.2. The number of aliphatic hydroxyl groups is 1. The molecule has 1 amide bonds. The maximum absolute atomic E-state index is 12.6. The normalized spacial score (nSPS) is 21.3. The third-order valence-corrected chi connectivity index (χ3v) is 4.73. The standard InChI is InChI=1S/C21H21NO6/c1-12(23)4-5-13-6-11-16-17(18(13)24)21(26,19(28-3)20(25)22-16)14-7-9-15(27-2)10-8-14/h4-11,19,24,26H,1-3H3,(H,22,25)/b5-4+. The van der Waals surface area contributed by atoms with Gasteiger partial charge in [0.05, 0.1) is 18.4 Å². The van der Waals surface area contributed by atoms with E-state index >= 15 is 0 Å². The van der Waals surface area contributed by atoms with Crippen molar-refractivity contribution in [1.29, 1.82) is 0 Å². The lowest BCUT2D eigenvalue weighted by Gasteiger charge is -2.40. The fourth-order valence-corrected chi connectivity index (χ4v) is 3.38. The summed E-state index contributed by atoms with van der Waals surface area (Å²) in [5.41, 5.74) is -0.932. The Labute approximate surface area is 162 Å². The largest absolute Gasteiger partial charge is 0.507 e. The van der Waals surface area contributed by atoms with E-state index in [4.69, 9.17) is 9.47 Å². The summed E-state index contributed by atoms with van der Waals surface area (Å²) in [4.78, 5) is 23.8. The second-order valence-electron chi connectivity index (χ2n) is 6.47. The number of carbonyl (C=O) groups excluding carboxylic acids is 2. The average Bonchev–Trinajstić information content (AvgIpc) is 2.67. The Morgan fingerprint density at radius 2 is 1.86 bits per heavy atom. The molecule has 3 N–H and O–H groups in total. The van der Waals surface area contributed by atoms with E-state index in [9.17, 15) is 19.8 Å². The third kappa shape index (κ3) is 3.15. The lowest BCUT2D eigenvalue weighted by molar-refractivity contribution is -0.142. The molecule has 3 rings (SSSR count). The molecule has 0 spiro atoms. The summed E-state index contributed by atoms with van der Waals surface area (Å²) >= 11 is 0. The highest BCUT2D eigenvalue weighted by atomic mass is 16.5. The van der Waals surface area contributed by atoms with Gasteiger partial charge >= 0.3 is 0 Å². The van der Waals surface area contributed by atoms with Crippen LogP contribution >= 0.6 is 0 Å². The van der Waals surface area contributed by atoms with Crippen molar-refractivity contribution < 1.29 is 29.3 Å². The van der Waals surface area contributed by atoms with Crippen LogP contribution in [-0.4, -0.2) is 42.2 Å². The molecule has 1 aliphatic heterocycles. The van der Waals surface area contributed by atoms with Crippen LogP contribution in [0.3, 0.4) is 0 Å². The fraction of sp³-hybridized carbons (Fsp3) is 0.238. The molecule has 0 saturated carbocycles. The SMILES string of the molecule is COc1ccc(C2(O)c3c(ccc(/C=C/C(C)=O)c3O)NC(=O)C2OC)cc1. The van der Waals surface area contributed by atoms with Gasteiger partial charge in [0.15, 0.2) is 17.5 Å². The van der Waals surface area contributed by atoms with Crippen LogP contribution in [0, 0.1) is 0 Å². The van der Waals surface area contributed by atoms with Crippen LogP contribution in [-0.2, 0) is 19.9 Å². The van der Waals surface area contributed by atoms with Gasteiger partial charge in [0, 0.05) is 12.7 Å². The Kier molecular flexibility index (Phi) is 5.22. The van der Waals surface area contributed by atoms with Crippen molar-refractivity contribution in [3.63, 3.8) is 0 Å². The third-order valence-electron chi connectivity index (χ3n) is 4.73. The minimum Gasteiger partial charge on any atom is -0.507 e. The molecule has 0 saturated heterocycles. The van der Waals surface area contributed by atoms with Gasteiger partial charge in [-0.1, -0.05) is 12.1 Å². The molecular formula is C21H21NO6. The number of allylic oxidation sites excluding steroid dienone is 1. The van der Waals surface area contributed by atoms with Gasteiger partial charge in [0.2, 0.25) is 0 Å². The Balaban J connectivity index is 2.26. The van der Waals surface area contributed by atoms with Gasteiger partial charge in [-0.3, -0.25) is 9.59 Å². The van der Waals surface area contributed by atoms with Gasteiger partial charge in [-0.05, 0) is 48.9 Å². The molecule has 2 aromatic rings. The molecular weight excluding hydrogens is 362 g/mol. The summed E-state index contributed by atoms with van der Waals surface area (Å²) in [6, 6.07) is 9.60. The molecule has 7 nitrogen and oxygen atoms in total. The van der Waals surface area contributed by atoms with Crippen LogP contribution < -0.4 is 10.1 Å². The number of fused-ring (bicyclic) bond motifs is 1. The number of ether oxygens (including phenoxy) is 2. The Morgan fingerprint density at radius 1 is 1.18 bits per heavy atom. The molecule has 2 unspecified atom stereocenters. The number of phenols is 1. The number of aromatic hydroxyl groups is 1. The Bertz CT molecular complexity index is 950. The average molecular weight is 383 g/mol. The molecule has 0 bridgehead atoms. The van der Waals surface area contributed by atoms with Crippen LogP contribution in [0.4, 0.5) is 5.69 Å². The highest BCUT2D eigenvalue weighted by molar-refractivity contribution is 6.01. The van der Waals surface area contributed by atoms with E-state index in [-0.39, 0.29) is 22.8 Å². The van der Waals surface area contributed by atoms with E-state index in [1.807, 2.05) is 0 Å². The molecule has 146 valence electrons. The molecule has 0 aliphatic carbocycles. The molecule has 0 aromatic heterocycles. The zero-order valence-electron chi connectivity index (χ0n) is 15.7. The number of methoxy groups -OCH3 is 2. The van der Waals surface area contributed by atoms with E-state index < -0.39 is 17.6 Å². The monoisotopic (exact) mass is 383 g/mol. The topological polar surface area (TPSA) is 105 Å². The second kappa shape index (κ2) is 7.46. The highest BCUT2D eigenvalue weighted by Gasteiger charge is 2.51. The highest BCUT2D eigenvalue weighted by Crippen LogP contribution is 2.48. The Hall–Kier alpha value is -3.16.